The zero-order valence-electron chi connectivity index (χ0n) is 15.6. The van der Waals surface area contributed by atoms with E-state index in [-0.39, 0.29) is 5.56 Å². The van der Waals surface area contributed by atoms with Crippen molar-refractivity contribution in [3.63, 3.8) is 0 Å². The van der Waals surface area contributed by atoms with E-state index in [1.807, 2.05) is 11.8 Å². The first kappa shape index (κ1) is 17.4. The highest BCUT2D eigenvalue weighted by Crippen LogP contribution is 2.23. The van der Waals surface area contributed by atoms with Gasteiger partial charge in [-0.3, -0.25) is 9.69 Å². The lowest BCUT2D eigenvalue weighted by atomic mass is 10.0. The molecule has 8 heteroatoms. The maximum atomic E-state index is 12.4. The van der Waals surface area contributed by atoms with Crippen LogP contribution in [0.25, 0.3) is 0 Å². The molecule has 5 heterocycles. The summed E-state index contributed by atoms with van der Waals surface area (Å²) >= 11 is 1.89. The van der Waals surface area contributed by atoms with E-state index in [1.54, 1.807) is 10.7 Å². The van der Waals surface area contributed by atoms with E-state index >= 15 is 0 Å². The lowest BCUT2D eigenvalue weighted by Crippen LogP contribution is -2.49. The molecule has 0 N–H and O–H groups in total. The molecule has 3 aliphatic rings. The van der Waals surface area contributed by atoms with Crippen molar-refractivity contribution in [2.45, 2.75) is 57.5 Å². The molecule has 0 radical (unpaired) electrons. The van der Waals surface area contributed by atoms with Gasteiger partial charge >= 0.3 is 0 Å². The predicted molar refractivity (Wildman–Crippen MR) is 105 cm³/mol. The van der Waals surface area contributed by atoms with Crippen molar-refractivity contribution in [3.05, 3.63) is 39.3 Å². The summed E-state index contributed by atoms with van der Waals surface area (Å²) in [6.45, 7) is 4.66. The van der Waals surface area contributed by atoms with Gasteiger partial charge < -0.3 is 4.57 Å². The lowest BCUT2D eigenvalue weighted by Gasteiger charge is -2.39. The minimum absolute atomic E-state index is 0.0532. The molecule has 2 aromatic heterocycles. The Morgan fingerprint density at radius 3 is 3.00 bits per heavy atom. The average Bonchev–Trinajstić information content (AvgIpc) is 2.86. The van der Waals surface area contributed by atoms with Crippen molar-refractivity contribution in [1.29, 1.82) is 0 Å². The Morgan fingerprint density at radius 1 is 1.15 bits per heavy atom. The summed E-state index contributed by atoms with van der Waals surface area (Å²) in [6.07, 6.45) is 5.78. The maximum Gasteiger partial charge on any atom is 0.267 e. The van der Waals surface area contributed by atoms with Gasteiger partial charge in [-0.25, -0.2) is 4.68 Å². The summed E-state index contributed by atoms with van der Waals surface area (Å²) < 4.78 is 4.02. The first-order valence-corrected chi connectivity index (χ1v) is 11.2. The summed E-state index contributed by atoms with van der Waals surface area (Å²) in [5.41, 5.74) is 2.31. The fraction of sp³-hybridized carbons (Fsp3) is 0.684. The van der Waals surface area contributed by atoms with Crippen LogP contribution < -0.4 is 5.56 Å². The van der Waals surface area contributed by atoms with Crippen molar-refractivity contribution in [2.24, 2.45) is 5.92 Å². The highest BCUT2D eigenvalue weighted by molar-refractivity contribution is 7.98. The number of fused-ring (bicyclic) bond motifs is 2. The topological polar surface area (TPSA) is 68.8 Å². The van der Waals surface area contributed by atoms with Gasteiger partial charge in [-0.1, -0.05) is 6.42 Å². The minimum Gasteiger partial charge on any atom is -0.314 e. The third-order valence-electron chi connectivity index (χ3n) is 5.92. The molecule has 0 aliphatic carbocycles. The Bertz CT molecular complexity index is 885. The fourth-order valence-corrected chi connectivity index (χ4v) is 5.36. The second-order valence-corrected chi connectivity index (χ2v) is 9.10. The number of hydrogen-bond acceptors (Lipinski definition) is 6. The molecular formula is C19H26N6OS. The first-order chi connectivity index (χ1) is 13.3. The van der Waals surface area contributed by atoms with Crippen LogP contribution in [0.4, 0.5) is 0 Å². The monoisotopic (exact) mass is 386 g/mol. The van der Waals surface area contributed by atoms with Crippen molar-refractivity contribution in [1.82, 2.24) is 29.4 Å². The normalized spacial score (nSPS) is 20.6. The molecule has 5 rings (SSSR count). The van der Waals surface area contributed by atoms with Gasteiger partial charge in [-0.15, -0.1) is 10.2 Å². The molecular weight excluding hydrogens is 360 g/mol. The molecule has 2 aromatic rings. The standard InChI is InChI=1S/C19H26N6OS/c26-19-8-15-13-27-7-5-16(15)22-25(19)11-14-9-23(10-14)12-18-21-20-17-4-2-1-3-6-24(17)18/h8,14H,1-7,9-13H2. The Morgan fingerprint density at radius 2 is 2.07 bits per heavy atom. The van der Waals surface area contributed by atoms with Gasteiger partial charge in [-0.2, -0.15) is 16.9 Å². The molecule has 27 heavy (non-hydrogen) atoms. The summed E-state index contributed by atoms with van der Waals surface area (Å²) in [4.78, 5) is 14.8. The SMILES string of the molecule is O=c1cc2c(nn1CC1CN(Cc3nnc4n3CCCCC4)C1)CCSC2. The molecule has 7 nitrogen and oxygen atoms in total. The third-order valence-corrected chi connectivity index (χ3v) is 6.93. The number of thioether (sulfide) groups is 1. The largest absolute Gasteiger partial charge is 0.314 e. The molecule has 0 spiro atoms. The number of aromatic nitrogens is 5. The summed E-state index contributed by atoms with van der Waals surface area (Å²) in [6, 6.07) is 1.80. The zero-order valence-corrected chi connectivity index (χ0v) is 16.5. The van der Waals surface area contributed by atoms with Crippen LogP contribution in [0.3, 0.4) is 0 Å². The number of hydrogen-bond donors (Lipinski definition) is 0. The van der Waals surface area contributed by atoms with Gasteiger partial charge in [0.25, 0.3) is 5.56 Å². The minimum atomic E-state index is 0.0532. The van der Waals surface area contributed by atoms with Crippen molar-refractivity contribution in [2.75, 3.05) is 18.8 Å². The third kappa shape index (κ3) is 3.57. The van der Waals surface area contributed by atoms with Crippen molar-refractivity contribution < 1.29 is 0 Å². The van der Waals surface area contributed by atoms with Gasteiger partial charge in [-0.05, 0) is 24.2 Å². The van der Waals surface area contributed by atoms with E-state index in [4.69, 9.17) is 0 Å². The molecule has 0 saturated carbocycles. The molecule has 0 aromatic carbocycles. The van der Waals surface area contributed by atoms with Crippen LogP contribution in [0.1, 0.15) is 42.2 Å². The molecule has 1 saturated heterocycles. The van der Waals surface area contributed by atoms with Gasteiger partial charge in [0.15, 0.2) is 0 Å². The van der Waals surface area contributed by atoms with Gasteiger partial charge in [0.2, 0.25) is 0 Å². The molecule has 0 bridgehead atoms. The molecule has 3 aliphatic heterocycles. The van der Waals surface area contributed by atoms with Crippen LogP contribution in [0.15, 0.2) is 10.9 Å². The van der Waals surface area contributed by atoms with E-state index in [9.17, 15) is 4.79 Å². The van der Waals surface area contributed by atoms with Gasteiger partial charge in [0, 0.05) is 50.2 Å². The number of aryl methyl sites for hydroxylation is 2. The van der Waals surface area contributed by atoms with Gasteiger partial charge in [0.05, 0.1) is 18.8 Å². The predicted octanol–water partition coefficient (Wildman–Crippen LogP) is 1.48. The van der Waals surface area contributed by atoms with Crippen molar-refractivity contribution in [3.8, 4) is 0 Å². The Hall–Kier alpha value is -1.67. The van der Waals surface area contributed by atoms with E-state index in [0.717, 1.165) is 80.0 Å². The molecule has 1 fully saturated rings. The zero-order chi connectivity index (χ0) is 18.2. The van der Waals surface area contributed by atoms with Crippen LogP contribution in [-0.4, -0.2) is 48.3 Å². The second kappa shape index (κ2) is 7.39. The summed E-state index contributed by atoms with van der Waals surface area (Å²) in [7, 11) is 0. The lowest BCUT2D eigenvalue weighted by molar-refractivity contribution is 0.0725. The van der Waals surface area contributed by atoms with E-state index in [0.29, 0.717) is 5.92 Å². The molecule has 0 atom stereocenters. The van der Waals surface area contributed by atoms with Crippen LogP contribution in [0.2, 0.25) is 0 Å². The second-order valence-electron chi connectivity index (χ2n) is 7.99. The van der Waals surface area contributed by atoms with E-state index in [1.165, 1.54) is 19.3 Å². The average molecular weight is 387 g/mol. The fourth-order valence-electron chi connectivity index (χ4n) is 4.41. The van der Waals surface area contributed by atoms with E-state index < -0.39 is 0 Å². The Kier molecular flexibility index (Phi) is 4.77. The smallest absolute Gasteiger partial charge is 0.267 e. The van der Waals surface area contributed by atoms with Crippen molar-refractivity contribution >= 4 is 11.8 Å². The Balaban J connectivity index is 1.20. The van der Waals surface area contributed by atoms with E-state index in [2.05, 4.69) is 24.8 Å². The van der Waals surface area contributed by atoms with Crippen LogP contribution in [0.5, 0.6) is 0 Å². The van der Waals surface area contributed by atoms with Crippen LogP contribution in [-0.2, 0) is 38.2 Å². The number of rotatable bonds is 4. The van der Waals surface area contributed by atoms with Crippen LogP contribution >= 0.6 is 11.8 Å². The molecule has 144 valence electrons. The maximum absolute atomic E-state index is 12.4. The highest BCUT2D eigenvalue weighted by atomic mass is 32.2. The van der Waals surface area contributed by atoms with Crippen LogP contribution in [0, 0.1) is 5.92 Å². The quantitative estimate of drug-likeness (QED) is 0.793. The Labute approximate surface area is 163 Å². The summed E-state index contributed by atoms with van der Waals surface area (Å²) in [5, 5.41) is 13.5. The molecule has 0 unspecified atom stereocenters. The summed E-state index contributed by atoms with van der Waals surface area (Å²) in [5.74, 6) is 4.79. The highest BCUT2D eigenvalue weighted by Gasteiger charge is 2.29. The number of nitrogens with zero attached hydrogens (tertiary/aromatic N) is 6. The van der Waals surface area contributed by atoms with Gasteiger partial charge in [0.1, 0.15) is 11.6 Å². The first-order valence-electron chi connectivity index (χ1n) is 10.1. The molecule has 0 amide bonds. The number of likely N-dealkylation sites (tertiary alicyclic amines) is 1.